The zero-order valence-electron chi connectivity index (χ0n) is 12.7. The molecule has 0 aromatic carbocycles. The van der Waals surface area contributed by atoms with E-state index in [1.54, 1.807) is 12.4 Å². The highest BCUT2D eigenvalue weighted by Crippen LogP contribution is 2.38. The Hall–Kier alpha value is -1.53. The van der Waals surface area contributed by atoms with Crippen molar-refractivity contribution in [1.82, 2.24) is 25.7 Å². The van der Waals surface area contributed by atoms with E-state index in [9.17, 15) is 4.79 Å². The van der Waals surface area contributed by atoms with Gasteiger partial charge in [-0.1, -0.05) is 13.8 Å². The van der Waals surface area contributed by atoms with Crippen LogP contribution in [0.2, 0.25) is 0 Å². The van der Waals surface area contributed by atoms with Crippen LogP contribution in [-0.4, -0.2) is 46.5 Å². The van der Waals surface area contributed by atoms with Crippen molar-refractivity contribution in [3.8, 4) is 0 Å². The Balaban J connectivity index is 1.64. The number of hydrogen-bond acceptors (Lipinski definition) is 5. The lowest BCUT2D eigenvalue weighted by Gasteiger charge is -2.44. The van der Waals surface area contributed by atoms with Gasteiger partial charge in [-0.05, 0) is 24.2 Å². The molecule has 6 heteroatoms. The number of likely N-dealkylation sites (tertiary alicyclic amines) is 1. The summed E-state index contributed by atoms with van der Waals surface area (Å²) in [5.41, 5.74) is 7.50. The number of hydrogen-bond donors (Lipinski definition) is 2. The van der Waals surface area contributed by atoms with Gasteiger partial charge in [0.1, 0.15) is 6.33 Å². The van der Waals surface area contributed by atoms with Gasteiger partial charge < -0.3 is 4.90 Å². The summed E-state index contributed by atoms with van der Waals surface area (Å²) in [6.07, 6.45) is 6.68. The molecule has 2 aliphatic heterocycles. The minimum atomic E-state index is 0.0446. The van der Waals surface area contributed by atoms with Crippen molar-refractivity contribution in [3.05, 3.63) is 24.3 Å². The first kappa shape index (κ1) is 14.4. The number of nitrogens with zero attached hydrogens (tertiary/aromatic N) is 3. The van der Waals surface area contributed by atoms with E-state index in [1.807, 2.05) is 4.90 Å². The molecule has 3 rings (SSSR count). The van der Waals surface area contributed by atoms with Crippen LogP contribution < -0.4 is 10.9 Å². The van der Waals surface area contributed by atoms with Gasteiger partial charge >= 0.3 is 0 Å². The van der Waals surface area contributed by atoms with Gasteiger partial charge in [-0.25, -0.2) is 9.97 Å². The first-order valence-electron chi connectivity index (χ1n) is 7.63. The molecule has 2 saturated heterocycles. The van der Waals surface area contributed by atoms with Crippen LogP contribution in [0.5, 0.6) is 0 Å². The maximum Gasteiger partial charge on any atom is 0.256 e. The van der Waals surface area contributed by atoms with Crippen LogP contribution in [0.4, 0.5) is 0 Å². The smallest absolute Gasteiger partial charge is 0.256 e. The molecule has 21 heavy (non-hydrogen) atoms. The predicted octanol–water partition coefficient (Wildman–Crippen LogP) is 0.831. The molecule has 0 saturated carbocycles. The minimum Gasteiger partial charge on any atom is -0.339 e. The van der Waals surface area contributed by atoms with Crippen LogP contribution >= 0.6 is 0 Å². The molecule has 1 aromatic rings. The number of amides is 1. The maximum atomic E-state index is 12.4. The van der Waals surface area contributed by atoms with Crippen LogP contribution in [0, 0.1) is 11.3 Å². The monoisotopic (exact) mass is 289 g/mol. The molecular weight excluding hydrogens is 266 g/mol. The van der Waals surface area contributed by atoms with Gasteiger partial charge in [0.15, 0.2) is 0 Å². The maximum absolute atomic E-state index is 12.4. The van der Waals surface area contributed by atoms with E-state index in [0.29, 0.717) is 17.5 Å². The molecule has 3 heterocycles. The SMILES string of the molecule is CC1CNNC1C1(C)CCN(C(=O)c2cncnc2)CC1. The zero-order valence-corrected chi connectivity index (χ0v) is 12.7. The molecule has 2 N–H and O–H groups in total. The summed E-state index contributed by atoms with van der Waals surface area (Å²) in [5, 5.41) is 0. The average Bonchev–Trinajstić information content (AvgIpc) is 2.95. The van der Waals surface area contributed by atoms with Gasteiger partial charge in [-0.15, -0.1) is 0 Å². The number of carbonyl (C=O) groups excluding carboxylic acids is 1. The molecule has 2 atom stereocenters. The van der Waals surface area contributed by atoms with Crippen molar-refractivity contribution >= 4 is 5.91 Å². The van der Waals surface area contributed by atoms with Gasteiger partial charge in [-0.2, -0.15) is 0 Å². The summed E-state index contributed by atoms with van der Waals surface area (Å²) < 4.78 is 0. The van der Waals surface area contributed by atoms with Gasteiger partial charge in [0, 0.05) is 38.1 Å². The predicted molar refractivity (Wildman–Crippen MR) is 79.4 cm³/mol. The normalized spacial score (nSPS) is 28.6. The lowest BCUT2D eigenvalue weighted by atomic mass is 9.71. The fourth-order valence-electron chi connectivity index (χ4n) is 3.57. The molecule has 114 valence electrons. The zero-order chi connectivity index (χ0) is 14.9. The molecule has 2 aliphatic rings. The fourth-order valence-corrected chi connectivity index (χ4v) is 3.57. The van der Waals surface area contributed by atoms with Crippen molar-refractivity contribution in [2.24, 2.45) is 11.3 Å². The lowest BCUT2D eigenvalue weighted by Crippen LogP contribution is -2.52. The summed E-state index contributed by atoms with van der Waals surface area (Å²) in [4.78, 5) is 22.2. The second-order valence-corrected chi connectivity index (χ2v) is 6.55. The fraction of sp³-hybridized carbons (Fsp3) is 0.667. The van der Waals surface area contributed by atoms with Crippen LogP contribution in [0.3, 0.4) is 0 Å². The Morgan fingerprint density at radius 3 is 2.57 bits per heavy atom. The molecule has 1 amide bonds. The van der Waals surface area contributed by atoms with Crippen molar-refractivity contribution in [2.45, 2.75) is 32.7 Å². The molecule has 6 nitrogen and oxygen atoms in total. The summed E-state index contributed by atoms with van der Waals surface area (Å²) in [7, 11) is 0. The van der Waals surface area contributed by atoms with E-state index in [-0.39, 0.29) is 11.3 Å². The van der Waals surface area contributed by atoms with Gasteiger partial charge in [0.05, 0.1) is 5.56 Å². The number of aromatic nitrogens is 2. The highest BCUT2D eigenvalue weighted by atomic mass is 16.2. The Morgan fingerprint density at radius 2 is 2.00 bits per heavy atom. The highest BCUT2D eigenvalue weighted by Gasteiger charge is 2.42. The van der Waals surface area contributed by atoms with Gasteiger partial charge in [-0.3, -0.25) is 15.6 Å². The van der Waals surface area contributed by atoms with Crippen LogP contribution in [0.25, 0.3) is 0 Å². The third-order valence-electron chi connectivity index (χ3n) is 5.00. The number of piperidine rings is 1. The highest BCUT2D eigenvalue weighted by molar-refractivity contribution is 5.93. The standard InChI is InChI=1S/C15H23N5O/c1-11-7-18-19-13(11)15(2)3-5-20(6-4-15)14(21)12-8-16-10-17-9-12/h8-11,13,18-19H,3-7H2,1-2H3. The quantitative estimate of drug-likeness (QED) is 0.844. The van der Waals surface area contributed by atoms with Crippen molar-refractivity contribution < 1.29 is 4.79 Å². The van der Waals surface area contributed by atoms with Gasteiger partial charge in [0.2, 0.25) is 0 Å². The van der Waals surface area contributed by atoms with E-state index in [0.717, 1.165) is 32.5 Å². The second kappa shape index (κ2) is 5.69. The van der Waals surface area contributed by atoms with E-state index in [1.165, 1.54) is 6.33 Å². The molecule has 0 aliphatic carbocycles. The summed E-state index contributed by atoms with van der Waals surface area (Å²) in [5.74, 6) is 0.669. The molecular formula is C15H23N5O. The van der Waals surface area contributed by atoms with Crippen molar-refractivity contribution in [3.63, 3.8) is 0 Å². The molecule has 1 aromatic heterocycles. The molecule has 0 spiro atoms. The third-order valence-corrected chi connectivity index (χ3v) is 5.00. The van der Waals surface area contributed by atoms with E-state index in [2.05, 4.69) is 34.7 Å². The summed E-state index contributed by atoms with van der Waals surface area (Å²) in [6, 6.07) is 0.481. The van der Waals surface area contributed by atoms with Crippen LogP contribution in [-0.2, 0) is 0 Å². The minimum absolute atomic E-state index is 0.0446. The van der Waals surface area contributed by atoms with Crippen LogP contribution in [0.15, 0.2) is 18.7 Å². The largest absolute Gasteiger partial charge is 0.339 e. The first-order chi connectivity index (χ1) is 10.1. The summed E-state index contributed by atoms with van der Waals surface area (Å²) in [6.45, 7) is 7.23. The molecule has 2 unspecified atom stereocenters. The number of nitrogens with one attached hydrogen (secondary N) is 2. The van der Waals surface area contributed by atoms with Gasteiger partial charge in [0.25, 0.3) is 5.91 Å². The topological polar surface area (TPSA) is 70.2 Å². The van der Waals surface area contributed by atoms with E-state index < -0.39 is 0 Å². The number of hydrazine groups is 1. The van der Waals surface area contributed by atoms with E-state index >= 15 is 0 Å². The Kier molecular flexibility index (Phi) is 3.91. The Bertz CT molecular complexity index is 498. The van der Waals surface area contributed by atoms with Crippen LogP contribution in [0.1, 0.15) is 37.0 Å². The lowest BCUT2D eigenvalue weighted by molar-refractivity contribution is 0.0498. The van der Waals surface area contributed by atoms with E-state index in [4.69, 9.17) is 0 Å². The first-order valence-corrected chi connectivity index (χ1v) is 7.63. The number of rotatable bonds is 2. The number of carbonyl (C=O) groups is 1. The third kappa shape index (κ3) is 2.78. The Morgan fingerprint density at radius 1 is 1.33 bits per heavy atom. The molecule has 0 radical (unpaired) electrons. The summed E-state index contributed by atoms with van der Waals surface area (Å²) >= 11 is 0. The average molecular weight is 289 g/mol. The van der Waals surface area contributed by atoms with Crippen molar-refractivity contribution in [2.75, 3.05) is 19.6 Å². The second-order valence-electron chi connectivity index (χ2n) is 6.55. The molecule has 2 fully saturated rings. The molecule has 0 bridgehead atoms. The van der Waals surface area contributed by atoms with Crippen molar-refractivity contribution in [1.29, 1.82) is 0 Å². The Labute approximate surface area is 125 Å².